The standard InChI is InChI=1S/C55H83NO15/c1-32-18-14-13-15-19-33(2)46(65-10)30-42-23-21-38(7)55(64,71-42)52(61)53(62)56-25-17-16-20-43(56)54(63)70-47(35(4)28-41-22-24-45(68-39(8)57)48(29-41)66-11)31-44(59)34(3)27-37(6)50(69-40(9)58)51(67-12)49(60)36(5)26-32/h13-15,18-19,27,32,34-36,38,41-43,45-48,50-51,64H,16-17,20-26,28-31H2,1-12H3/b15-13+,18-14-,33-19+,37-27+/t32-,34-,35-,36-,38-,41+,42+,43+,45-,46+,47+,48-,50-,51+,55-/m1/s1. The van der Waals surface area contributed by atoms with Gasteiger partial charge in [0.25, 0.3) is 11.7 Å². The molecule has 71 heavy (non-hydrogen) atoms. The fourth-order valence-electron chi connectivity index (χ4n) is 10.8. The molecule has 0 unspecified atom stereocenters. The van der Waals surface area contributed by atoms with Gasteiger partial charge in [-0.15, -0.1) is 0 Å². The van der Waals surface area contributed by atoms with Gasteiger partial charge in [-0.1, -0.05) is 71.1 Å². The molecule has 3 aliphatic heterocycles. The summed E-state index contributed by atoms with van der Waals surface area (Å²) in [6.45, 7) is 15.3. The van der Waals surface area contributed by atoms with E-state index >= 15 is 0 Å². The van der Waals surface area contributed by atoms with Crippen LogP contribution in [0, 0.1) is 35.5 Å². The van der Waals surface area contributed by atoms with Crippen molar-refractivity contribution in [1.29, 1.82) is 0 Å². The number of Topliss-reactive ketones (excluding diaryl/α,β-unsaturated/α-hetero) is 3. The van der Waals surface area contributed by atoms with Gasteiger partial charge in [0.1, 0.15) is 24.0 Å². The maximum atomic E-state index is 14.5. The topological polar surface area (TPSA) is 208 Å². The number of piperidine rings is 1. The number of aliphatic hydroxyl groups is 1. The predicted molar refractivity (Wildman–Crippen MR) is 264 cm³/mol. The molecule has 2 saturated heterocycles. The van der Waals surface area contributed by atoms with Crippen molar-refractivity contribution in [1.82, 2.24) is 4.90 Å². The fraction of sp³-hybridized carbons (Fsp3) is 0.727. The molecule has 0 radical (unpaired) electrons. The van der Waals surface area contributed by atoms with E-state index in [-0.39, 0.29) is 48.9 Å². The quantitative estimate of drug-likeness (QED) is 0.109. The lowest BCUT2D eigenvalue weighted by atomic mass is 9.78. The number of nitrogens with zero attached hydrogens (tertiary/aromatic N) is 1. The Balaban J connectivity index is 1.75. The van der Waals surface area contributed by atoms with Crippen LogP contribution in [0.3, 0.4) is 0 Å². The highest BCUT2D eigenvalue weighted by molar-refractivity contribution is 6.39. The first-order valence-corrected chi connectivity index (χ1v) is 25.7. The molecule has 398 valence electrons. The van der Waals surface area contributed by atoms with Crippen molar-refractivity contribution < 1.29 is 71.8 Å². The normalized spacial score (nSPS) is 37.8. The van der Waals surface area contributed by atoms with Crippen LogP contribution in [-0.2, 0) is 66.7 Å². The fourth-order valence-corrected chi connectivity index (χ4v) is 10.8. The third kappa shape index (κ3) is 16.3. The van der Waals surface area contributed by atoms with Gasteiger partial charge in [0.2, 0.25) is 5.79 Å². The van der Waals surface area contributed by atoms with Crippen molar-refractivity contribution in [2.45, 2.75) is 194 Å². The predicted octanol–water partition coefficient (Wildman–Crippen LogP) is 7.32. The first kappa shape index (κ1) is 59.2. The second kappa shape index (κ2) is 27.6. The maximum absolute atomic E-state index is 14.5. The van der Waals surface area contributed by atoms with Gasteiger partial charge in [-0.2, -0.15) is 0 Å². The number of carbonyl (C=O) groups excluding carboxylic acids is 7. The van der Waals surface area contributed by atoms with E-state index in [2.05, 4.69) is 0 Å². The molecule has 15 atom stereocenters. The number of fused-ring (bicyclic) bond motifs is 3. The summed E-state index contributed by atoms with van der Waals surface area (Å²) in [6, 6.07) is -1.18. The molecule has 2 bridgehead atoms. The van der Waals surface area contributed by atoms with E-state index in [1.165, 1.54) is 25.9 Å². The van der Waals surface area contributed by atoms with Crippen LogP contribution in [0.25, 0.3) is 0 Å². The molecule has 1 aliphatic carbocycles. The Morgan fingerprint density at radius 3 is 2.15 bits per heavy atom. The van der Waals surface area contributed by atoms with Crippen LogP contribution in [-0.4, -0.2) is 134 Å². The second-order valence-electron chi connectivity index (χ2n) is 20.8. The Kier molecular flexibility index (Phi) is 23.0. The summed E-state index contributed by atoms with van der Waals surface area (Å²) >= 11 is 0. The summed E-state index contributed by atoms with van der Waals surface area (Å²) in [7, 11) is 4.52. The third-order valence-electron chi connectivity index (χ3n) is 15.0. The zero-order valence-corrected chi connectivity index (χ0v) is 44.3. The van der Waals surface area contributed by atoms with Crippen LogP contribution < -0.4 is 0 Å². The summed E-state index contributed by atoms with van der Waals surface area (Å²) in [5.74, 6) is -9.41. The first-order valence-electron chi connectivity index (χ1n) is 25.7. The Hall–Kier alpha value is -4.35. The van der Waals surface area contributed by atoms with Gasteiger partial charge in [-0.05, 0) is 107 Å². The second-order valence-corrected chi connectivity index (χ2v) is 20.8. The summed E-state index contributed by atoms with van der Waals surface area (Å²) < 4.78 is 41.1. The van der Waals surface area contributed by atoms with Gasteiger partial charge in [0.05, 0.1) is 18.3 Å². The number of rotatable bonds is 8. The van der Waals surface area contributed by atoms with E-state index in [9.17, 15) is 38.7 Å². The molecular formula is C55H83NO15. The molecule has 3 heterocycles. The van der Waals surface area contributed by atoms with Gasteiger partial charge in [0.15, 0.2) is 18.0 Å². The lowest BCUT2D eigenvalue weighted by molar-refractivity contribution is -0.265. The summed E-state index contributed by atoms with van der Waals surface area (Å²) in [6.07, 6.45) is 11.1. The van der Waals surface area contributed by atoms with E-state index in [0.717, 1.165) is 5.57 Å². The van der Waals surface area contributed by atoms with Gasteiger partial charge < -0.3 is 43.2 Å². The van der Waals surface area contributed by atoms with Crippen molar-refractivity contribution in [2.75, 3.05) is 27.9 Å². The SMILES string of the molecule is CO[C@H]1C[C@@H]2CC[C@@H](C)[C@@](O)(O2)C(=O)C(=O)N2CCCC[C@H]2C(=O)O[C@H]([C@H](C)C[C@@H]2CC[C@@H](OC(C)=O)[C@H](OC)C2)CC(=O)[C@H](C)/C=C(\C)[C@@H](OC(C)=O)[C@@H](OC)C(=O)[C@H](C)C[C@H](C)\C=C/C=C/C=C/1C. The van der Waals surface area contributed by atoms with Crippen LogP contribution in [0.5, 0.6) is 0 Å². The third-order valence-corrected chi connectivity index (χ3v) is 15.0. The van der Waals surface area contributed by atoms with E-state index in [1.807, 2.05) is 58.1 Å². The molecule has 0 aromatic heterocycles. The number of esters is 3. The number of allylic oxidation sites excluding steroid dienone is 6. The van der Waals surface area contributed by atoms with Gasteiger partial charge in [-0.25, -0.2) is 4.79 Å². The zero-order valence-electron chi connectivity index (χ0n) is 44.3. The number of methoxy groups -OCH3 is 3. The number of amides is 1. The van der Waals surface area contributed by atoms with Crippen molar-refractivity contribution in [3.63, 3.8) is 0 Å². The van der Waals surface area contributed by atoms with Gasteiger partial charge in [-0.3, -0.25) is 28.8 Å². The van der Waals surface area contributed by atoms with Crippen LogP contribution in [0.1, 0.15) is 139 Å². The Labute approximate surface area is 421 Å². The smallest absolute Gasteiger partial charge is 0.329 e. The Morgan fingerprint density at radius 2 is 1.51 bits per heavy atom. The molecule has 0 spiro atoms. The number of ether oxygens (including phenoxy) is 7. The van der Waals surface area contributed by atoms with Gasteiger partial charge >= 0.3 is 17.9 Å². The Bertz CT molecular complexity index is 1990. The lowest BCUT2D eigenvalue weighted by Crippen LogP contribution is -2.61. The van der Waals surface area contributed by atoms with E-state index in [4.69, 9.17) is 33.2 Å². The minimum atomic E-state index is -2.45. The van der Waals surface area contributed by atoms with Crippen molar-refractivity contribution in [3.05, 3.63) is 47.6 Å². The molecule has 16 heteroatoms. The number of carbonyl (C=O) groups is 7. The summed E-state index contributed by atoms with van der Waals surface area (Å²) in [5, 5.41) is 12.0. The number of hydrogen-bond donors (Lipinski definition) is 1. The highest BCUT2D eigenvalue weighted by Gasteiger charge is 2.53. The van der Waals surface area contributed by atoms with Gasteiger partial charge in [0, 0.05) is 72.3 Å². The Morgan fingerprint density at radius 1 is 0.803 bits per heavy atom. The van der Waals surface area contributed by atoms with Crippen molar-refractivity contribution in [3.8, 4) is 0 Å². The molecule has 1 saturated carbocycles. The first-order chi connectivity index (χ1) is 33.5. The highest BCUT2D eigenvalue weighted by Crippen LogP contribution is 2.38. The van der Waals surface area contributed by atoms with Crippen molar-refractivity contribution >= 4 is 41.2 Å². The summed E-state index contributed by atoms with van der Waals surface area (Å²) in [5.41, 5.74) is 1.29. The minimum Gasteiger partial charge on any atom is -0.460 e. The monoisotopic (exact) mass is 998 g/mol. The van der Waals surface area contributed by atoms with Crippen molar-refractivity contribution in [2.24, 2.45) is 35.5 Å². The van der Waals surface area contributed by atoms with E-state index in [1.54, 1.807) is 41.1 Å². The molecule has 16 nitrogen and oxygen atoms in total. The molecule has 0 aromatic rings. The molecule has 3 fully saturated rings. The molecule has 1 N–H and O–H groups in total. The average Bonchev–Trinajstić information content (AvgIpc) is 3.32. The molecule has 4 rings (SSSR count). The van der Waals surface area contributed by atoms with E-state index < -0.39 is 102 Å². The lowest BCUT2D eigenvalue weighted by Gasteiger charge is -2.42. The van der Waals surface area contributed by atoms with E-state index in [0.29, 0.717) is 69.8 Å². The van der Waals surface area contributed by atoms with Crippen LogP contribution in [0.4, 0.5) is 0 Å². The largest absolute Gasteiger partial charge is 0.460 e. The molecular weight excluding hydrogens is 915 g/mol. The summed E-state index contributed by atoms with van der Waals surface area (Å²) in [4.78, 5) is 97.2. The van der Waals surface area contributed by atoms with Crippen LogP contribution >= 0.6 is 0 Å². The van der Waals surface area contributed by atoms with Crippen LogP contribution in [0.2, 0.25) is 0 Å². The highest BCUT2D eigenvalue weighted by atomic mass is 16.6. The number of hydrogen-bond acceptors (Lipinski definition) is 15. The molecule has 0 aromatic carbocycles. The van der Waals surface area contributed by atoms with Crippen LogP contribution in [0.15, 0.2) is 47.6 Å². The average molecular weight is 998 g/mol. The number of ketones is 3. The molecule has 1 amide bonds. The maximum Gasteiger partial charge on any atom is 0.329 e. The number of cyclic esters (lactones) is 1. The molecule has 4 aliphatic rings. The minimum absolute atomic E-state index is 0.0213. The zero-order chi connectivity index (χ0) is 52.7.